The van der Waals surface area contributed by atoms with Crippen molar-refractivity contribution in [2.75, 3.05) is 7.11 Å². The Kier molecular flexibility index (Phi) is 2.56. The van der Waals surface area contributed by atoms with Crippen molar-refractivity contribution in [1.82, 2.24) is 9.97 Å². The van der Waals surface area contributed by atoms with Gasteiger partial charge in [0, 0.05) is 4.47 Å². The van der Waals surface area contributed by atoms with Gasteiger partial charge in [0.25, 0.3) is 0 Å². The van der Waals surface area contributed by atoms with Gasteiger partial charge < -0.3 is 4.74 Å². The van der Waals surface area contributed by atoms with Crippen LogP contribution in [0.25, 0.3) is 10.9 Å². The summed E-state index contributed by atoms with van der Waals surface area (Å²) in [6.45, 7) is 0. The van der Waals surface area contributed by atoms with Crippen molar-refractivity contribution in [3.63, 3.8) is 0 Å². The summed E-state index contributed by atoms with van der Waals surface area (Å²) < 4.78 is 6.04. The maximum absolute atomic E-state index is 5.74. The number of hydrogen-bond donors (Lipinski definition) is 0. The molecule has 72 valence electrons. The van der Waals surface area contributed by atoms with Gasteiger partial charge in [-0.1, -0.05) is 15.9 Å². The normalized spacial score (nSPS) is 10.5. The molecule has 0 aliphatic rings. The molecule has 0 radical (unpaired) electrons. The zero-order chi connectivity index (χ0) is 10.1. The van der Waals surface area contributed by atoms with E-state index in [2.05, 4.69) is 25.9 Å². The van der Waals surface area contributed by atoms with E-state index in [1.54, 1.807) is 7.11 Å². The largest absolute Gasteiger partial charge is 0.480 e. The van der Waals surface area contributed by atoms with E-state index in [0.29, 0.717) is 5.88 Å². The fourth-order valence-corrected chi connectivity index (χ4v) is 1.72. The molecule has 0 bridgehead atoms. The van der Waals surface area contributed by atoms with Crippen molar-refractivity contribution in [3.05, 3.63) is 28.0 Å². The van der Waals surface area contributed by atoms with Gasteiger partial charge in [0.2, 0.25) is 11.2 Å². The number of rotatable bonds is 1. The summed E-state index contributed by atoms with van der Waals surface area (Å²) in [6, 6.07) is 5.65. The highest BCUT2D eigenvalue weighted by atomic mass is 79.9. The van der Waals surface area contributed by atoms with E-state index in [4.69, 9.17) is 16.3 Å². The van der Waals surface area contributed by atoms with E-state index in [1.165, 1.54) is 0 Å². The molecular weight excluding hydrogens is 267 g/mol. The third-order valence-electron chi connectivity index (χ3n) is 1.79. The van der Waals surface area contributed by atoms with Crippen LogP contribution < -0.4 is 4.74 Å². The van der Waals surface area contributed by atoms with Crippen LogP contribution >= 0.6 is 27.5 Å². The van der Waals surface area contributed by atoms with Crippen molar-refractivity contribution < 1.29 is 4.74 Å². The van der Waals surface area contributed by atoms with Crippen LogP contribution in [-0.4, -0.2) is 17.1 Å². The van der Waals surface area contributed by atoms with Gasteiger partial charge in [-0.25, -0.2) is 4.98 Å². The molecule has 14 heavy (non-hydrogen) atoms. The highest BCUT2D eigenvalue weighted by Gasteiger charge is 2.06. The van der Waals surface area contributed by atoms with Crippen molar-refractivity contribution in [1.29, 1.82) is 0 Å². The topological polar surface area (TPSA) is 35.0 Å². The zero-order valence-corrected chi connectivity index (χ0v) is 9.63. The van der Waals surface area contributed by atoms with E-state index < -0.39 is 0 Å². The van der Waals surface area contributed by atoms with E-state index in [0.717, 1.165) is 15.4 Å². The molecule has 0 fully saturated rings. The molecule has 0 saturated carbocycles. The molecule has 1 aromatic carbocycles. The van der Waals surface area contributed by atoms with Crippen molar-refractivity contribution in [2.45, 2.75) is 0 Å². The predicted octanol–water partition coefficient (Wildman–Crippen LogP) is 3.05. The van der Waals surface area contributed by atoms with Crippen LogP contribution in [0, 0.1) is 0 Å². The van der Waals surface area contributed by atoms with Crippen LogP contribution in [-0.2, 0) is 0 Å². The fourth-order valence-electron chi connectivity index (χ4n) is 1.20. The third kappa shape index (κ3) is 1.67. The molecular formula is C9H6BrClN2O. The molecule has 0 aliphatic carbocycles. The molecule has 3 nitrogen and oxygen atoms in total. The molecule has 0 saturated heterocycles. The summed E-state index contributed by atoms with van der Waals surface area (Å²) in [5.41, 5.74) is 0.760. The van der Waals surface area contributed by atoms with Gasteiger partial charge in [-0.05, 0) is 29.8 Å². The Hall–Kier alpha value is -0.870. The minimum atomic E-state index is 0.187. The minimum Gasteiger partial charge on any atom is -0.480 e. The second-order valence-electron chi connectivity index (χ2n) is 2.66. The van der Waals surface area contributed by atoms with E-state index in [1.807, 2.05) is 18.2 Å². The monoisotopic (exact) mass is 272 g/mol. The first kappa shape index (κ1) is 9.68. The average Bonchev–Trinajstić information content (AvgIpc) is 2.15. The van der Waals surface area contributed by atoms with Gasteiger partial charge in [-0.3, -0.25) is 0 Å². The molecule has 2 rings (SSSR count). The number of fused-ring (bicyclic) bond motifs is 1. The van der Waals surface area contributed by atoms with Crippen LogP contribution in [0.5, 0.6) is 5.88 Å². The lowest BCUT2D eigenvalue weighted by Crippen LogP contribution is -1.92. The van der Waals surface area contributed by atoms with Crippen LogP contribution in [0.15, 0.2) is 22.7 Å². The van der Waals surface area contributed by atoms with Crippen LogP contribution in [0.2, 0.25) is 5.28 Å². The lowest BCUT2D eigenvalue weighted by atomic mass is 10.2. The summed E-state index contributed by atoms with van der Waals surface area (Å²) in [6.07, 6.45) is 0. The smallest absolute Gasteiger partial charge is 0.226 e. The summed E-state index contributed by atoms with van der Waals surface area (Å²) in [5.74, 6) is 0.493. The highest BCUT2D eigenvalue weighted by Crippen LogP contribution is 2.26. The summed E-state index contributed by atoms with van der Waals surface area (Å²) in [5, 5.41) is 1.03. The molecule has 0 atom stereocenters. The average molecular weight is 274 g/mol. The number of methoxy groups -OCH3 is 1. The molecule has 1 aromatic heterocycles. The van der Waals surface area contributed by atoms with Crippen molar-refractivity contribution in [2.24, 2.45) is 0 Å². The third-order valence-corrected chi connectivity index (χ3v) is 2.45. The molecule has 1 heterocycles. The molecule has 0 aliphatic heterocycles. The zero-order valence-electron chi connectivity index (χ0n) is 7.29. The maximum Gasteiger partial charge on any atom is 0.226 e. The molecule has 0 N–H and O–H groups in total. The lowest BCUT2D eigenvalue weighted by Gasteiger charge is -2.04. The first-order valence-corrected chi connectivity index (χ1v) is 5.04. The number of halogens is 2. The summed E-state index contributed by atoms with van der Waals surface area (Å²) in [7, 11) is 1.56. The Balaban J connectivity index is 2.81. The summed E-state index contributed by atoms with van der Waals surface area (Å²) in [4.78, 5) is 8.06. The Morgan fingerprint density at radius 3 is 2.86 bits per heavy atom. The lowest BCUT2D eigenvalue weighted by molar-refractivity contribution is 0.402. The quantitative estimate of drug-likeness (QED) is 0.749. The fraction of sp³-hybridized carbons (Fsp3) is 0.111. The highest BCUT2D eigenvalue weighted by molar-refractivity contribution is 9.10. The van der Waals surface area contributed by atoms with Gasteiger partial charge in [0.15, 0.2) is 0 Å². The van der Waals surface area contributed by atoms with E-state index in [9.17, 15) is 0 Å². The number of hydrogen-bond acceptors (Lipinski definition) is 3. The first-order chi connectivity index (χ1) is 6.70. The second kappa shape index (κ2) is 3.71. The van der Waals surface area contributed by atoms with E-state index in [-0.39, 0.29) is 5.28 Å². The standard InChI is InChI=1S/C9H6BrClN2O/c1-14-8-6-3-2-5(10)4-7(6)12-9(11)13-8/h2-4H,1H3. The SMILES string of the molecule is COc1nc(Cl)nc2cc(Br)ccc12. The molecule has 0 spiro atoms. The van der Waals surface area contributed by atoms with Gasteiger partial charge >= 0.3 is 0 Å². The van der Waals surface area contributed by atoms with Crippen molar-refractivity contribution >= 4 is 38.4 Å². The number of aromatic nitrogens is 2. The minimum absolute atomic E-state index is 0.187. The summed E-state index contributed by atoms with van der Waals surface area (Å²) >= 11 is 9.10. The maximum atomic E-state index is 5.74. The van der Waals surface area contributed by atoms with Gasteiger partial charge in [0.05, 0.1) is 18.0 Å². The van der Waals surface area contributed by atoms with Gasteiger partial charge in [0.1, 0.15) is 0 Å². The number of nitrogens with zero attached hydrogens (tertiary/aromatic N) is 2. The van der Waals surface area contributed by atoms with Crippen LogP contribution in [0.1, 0.15) is 0 Å². The molecule has 5 heteroatoms. The number of benzene rings is 1. The second-order valence-corrected chi connectivity index (χ2v) is 3.92. The first-order valence-electron chi connectivity index (χ1n) is 3.87. The van der Waals surface area contributed by atoms with Gasteiger partial charge in [-0.2, -0.15) is 4.98 Å². The van der Waals surface area contributed by atoms with Crippen LogP contribution in [0.4, 0.5) is 0 Å². The van der Waals surface area contributed by atoms with Crippen molar-refractivity contribution in [3.8, 4) is 5.88 Å². The number of ether oxygens (including phenoxy) is 1. The van der Waals surface area contributed by atoms with E-state index >= 15 is 0 Å². The molecule has 0 amide bonds. The Morgan fingerprint density at radius 1 is 1.36 bits per heavy atom. The Morgan fingerprint density at radius 2 is 2.14 bits per heavy atom. The predicted molar refractivity (Wildman–Crippen MR) is 58.8 cm³/mol. The van der Waals surface area contributed by atoms with Gasteiger partial charge in [-0.15, -0.1) is 0 Å². The molecule has 2 aromatic rings. The Bertz CT molecular complexity index is 484. The Labute approximate surface area is 94.2 Å². The van der Waals surface area contributed by atoms with Crippen LogP contribution in [0.3, 0.4) is 0 Å². The molecule has 0 unspecified atom stereocenters.